The molecule has 20 heavy (non-hydrogen) atoms. The fourth-order valence-corrected chi connectivity index (χ4v) is 2.53. The number of carbonyl (C=O) groups is 2. The van der Waals surface area contributed by atoms with Crippen LogP contribution in [0.2, 0.25) is 0 Å². The Kier molecular flexibility index (Phi) is 7.75. The Morgan fingerprint density at radius 3 is 2.75 bits per heavy atom. The first-order valence-corrected chi connectivity index (χ1v) is 8.58. The lowest BCUT2D eigenvalue weighted by molar-refractivity contribution is 0.0698. The Morgan fingerprint density at radius 2 is 2.10 bits per heavy atom. The van der Waals surface area contributed by atoms with Crippen LogP contribution in [0.3, 0.4) is 0 Å². The third-order valence-corrected chi connectivity index (χ3v) is 3.89. The molecule has 1 aromatic rings. The van der Waals surface area contributed by atoms with Crippen LogP contribution in [-0.4, -0.2) is 35.7 Å². The van der Waals surface area contributed by atoms with E-state index in [0.717, 1.165) is 22.2 Å². The lowest BCUT2D eigenvalue weighted by Gasteiger charge is -2.10. The van der Waals surface area contributed by atoms with Gasteiger partial charge >= 0.3 is 12.0 Å². The Labute approximate surface area is 136 Å². The first-order chi connectivity index (χ1) is 9.54. The highest BCUT2D eigenvalue weighted by atomic mass is 127. The normalized spacial score (nSPS) is 10.1. The van der Waals surface area contributed by atoms with Crippen LogP contribution in [0.15, 0.2) is 18.2 Å². The van der Waals surface area contributed by atoms with Gasteiger partial charge < -0.3 is 15.7 Å². The number of urea groups is 1. The number of rotatable bonds is 7. The van der Waals surface area contributed by atoms with Crippen LogP contribution < -0.4 is 10.6 Å². The average Bonchev–Trinajstić information content (AvgIpc) is 2.40. The number of amides is 2. The molecule has 7 heteroatoms. The zero-order chi connectivity index (χ0) is 15.0. The van der Waals surface area contributed by atoms with Gasteiger partial charge in [0.05, 0.1) is 11.3 Å². The van der Waals surface area contributed by atoms with Crippen molar-refractivity contribution >= 4 is 52.0 Å². The van der Waals surface area contributed by atoms with Gasteiger partial charge in [0.2, 0.25) is 0 Å². The van der Waals surface area contributed by atoms with Gasteiger partial charge in [0, 0.05) is 10.1 Å². The van der Waals surface area contributed by atoms with E-state index < -0.39 is 5.97 Å². The molecule has 1 aromatic carbocycles. The minimum absolute atomic E-state index is 0.0921. The second-order valence-corrected chi connectivity index (χ2v) is 6.31. The second-order valence-electron chi connectivity index (χ2n) is 4.08. The predicted octanol–water partition coefficient (Wildman–Crippen LogP) is 3.25. The molecule has 0 saturated carbocycles. The topological polar surface area (TPSA) is 78.4 Å². The van der Waals surface area contributed by atoms with Gasteiger partial charge in [-0.2, -0.15) is 11.8 Å². The number of thioether (sulfide) groups is 1. The van der Waals surface area contributed by atoms with E-state index in [4.69, 9.17) is 5.11 Å². The Bertz CT molecular complexity index is 483. The summed E-state index contributed by atoms with van der Waals surface area (Å²) in [5, 5.41) is 14.4. The zero-order valence-electron chi connectivity index (χ0n) is 11.1. The summed E-state index contributed by atoms with van der Waals surface area (Å²) < 4.78 is 0.808. The summed E-state index contributed by atoms with van der Waals surface area (Å²) >= 11 is 3.81. The van der Waals surface area contributed by atoms with Crippen LogP contribution in [0.4, 0.5) is 10.5 Å². The quantitative estimate of drug-likeness (QED) is 0.478. The molecular formula is C13H17IN2O3S. The van der Waals surface area contributed by atoms with Crippen LogP contribution in [0, 0.1) is 3.57 Å². The molecule has 0 fully saturated rings. The molecule has 2 amide bonds. The molecule has 3 N–H and O–H groups in total. The van der Waals surface area contributed by atoms with Crippen LogP contribution in [0.1, 0.15) is 23.2 Å². The highest BCUT2D eigenvalue weighted by Crippen LogP contribution is 2.18. The highest BCUT2D eigenvalue weighted by molar-refractivity contribution is 14.1. The van der Waals surface area contributed by atoms with Gasteiger partial charge in [-0.15, -0.1) is 0 Å². The maximum Gasteiger partial charge on any atom is 0.337 e. The standard InChI is InChI=1S/C13H17IN2O3S/c1-20-7-3-2-6-15-13(19)16-11-5-4-9(14)8-10(11)12(17)18/h4-5,8H,2-3,6-7H2,1H3,(H,17,18)(H2,15,16,19). The number of carboxylic acid groups (broad SMARTS) is 1. The summed E-state index contributed by atoms with van der Waals surface area (Å²) in [5.41, 5.74) is 0.397. The number of carbonyl (C=O) groups excluding carboxylic acids is 1. The number of unbranched alkanes of at least 4 members (excludes halogenated alkanes) is 1. The van der Waals surface area contributed by atoms with Gasteiger partial charge in [-0.25, -0.2) is 9.59 Å². The first kappa shape index (κ1) is 17.1. The van der Waals surface area contributed by atoms with Crippen LogP contribution in [-0.2, 0) is 0 Å². The number of carboxylic acids is 1. The molecule has 0 aliphatic carbocycles. The third kappa shape index (κ3) is 6.00. The molecule has 0 heterocycles. The van der Waals surface area contributed by atoms with Gasteiger partial charge in [0.1, 0.15) is 0 Å². The summed E-state index contributed by atoms with van der Waals surface area (Å²) in [5.74, 6) is 0.0163. The van der Waals surface area contributed by atoms with Gasteiger partial charge in [0.15, 0.2) is 0 Å². The van der Waals surface area contributed by atoms with E-state index in [9.17, 15) is 9.59 Å². The molecule has 0 aliphatic heterocycles. The molecule has 0 saturated heterocycles. The Hall–Kier alpha value is -0.960. The number of nitrogens with one attached hydrogen (secondary N) is 2. The van der Waals surface area contributed by atoms with Crippen molar-refractivity contribution < 1.29 is 14.7 Å². The van der Waals surface area contributed by atoms with Crippen molar-refractivity contribution in [2.45, 2.75) is 12.8 Å². The number of hydrogen-bond acceptors (Lipinski definition) is 3. The summed E-state index contributed by atoms with van der Waals surface area (Å²) in [6, 6.07) is 4.49. The number of benzene rings is 1. The number of aromatic carboxylic acids is 1. The number of halogens is 1. The predicted molar refractivity (Wildman–Crippen MR) is 90.8 cm³/mol. The molecule has 0 spiro atoms. The maximum absolute atomic E-state index is 11.7. The lowest BCUT2D eigenvalue weighted by atomic mass is 10.2. The number of anilines is 1. The maximum atomic E-state index is 11.7. The fraction of sp³-hybridized carbons (Fsp3) is 0.385. The minimum Gasteiger partial charge on any atom is -0.478 e. The Morgan fingerprint density at radius 1 is 1.35 bits per heavy atom. The van der Waals surface area contributed by atoms with E-state index in [1.54, 1.807) is 23.9 Å². The molecule has 5 nitrogen and oxygen atoms in total. The molecule has 0 radical (unpaired) electrons. The van der Waals surface area contributed by atoms with Crippen molar-refractivity contribution in [3.63, 3.8) is 0 Å². The molecule has 0 atom stereocenters. The summed E-state index contributed by atoms with van der Waals surface area (Å²) in [7, 11) is 0. The molecule has 0 unspecified atom stereocenters. The van der Waals surface area contributed by atoms with Crippen molar-refractivity contribution in [3.05, 3.63) is 27.3 Å². The summed E-state index contributed by atoms with van der Waals surface area (Å²) in [4.78, 5) is 22.8. The van der Waals surface area contributed by atoms with Crippen molar-refractivity contribution in [2.75, 3.05) is 23.9 Å². The van der Waals surface area contributed by atoms with E-state index >= 15 is 0 Å². The van der Waals surface area contributed by atoms with Crippen LogP contribution in [0.5, 0.6) is 0 Å². The molecule has 1 rings (SSSR count). The molecule has 0 aromatic heterocycles. The minimum atomic E-state index is -1.06. The van der Waals surface area contributed by atoms with Crippen LogP contribution >= 0.6 is 34.4 Å². The van der Waals surface area contributed by atoms with E-state index in [1.807, 2.05) is 28.8 Å². The third-order valence-electron chi connectivity index (χ3n) is 2.52. The van der Waals surface area contributed by atoms with Crippen molar-refractivity contribution in [1.29, 1.82) is 0 Å². The van der Waals surface area contributed by atoms with E-state index in [0.29, 0.717) is 12.2 Å². The van der Waals surface area contributed by atoms with E-state index in [2.05, 4.69) is 10.6 Å². The summed E-state index contributed by atoms with van der Waals surface area (Å²) in [6.07, 6.45) is 4.00. The monoisotopic (exact) mass is 408 g/mol. The largest absolute Gasteiger partial charge is 0.478 e. The zero-order valence-corrected chi connectivity index (χ0v) is 14.1. The van der Waals surface area contributed by atoms with Crippen molar-refractivity contribution in [1.82, 2.24) is 5.32 Å². The van der Waals surface area contributed by atoms with E-state index in [-0.39, 0.29) is 11.6 Å². The van der Waals surface area contributed by atoms with Crippen molar-refractivity contribution in [3.8, 4) is 0 Å². The smallest absolute Gasteiger partial charge is 0.337 e. The lowest BCUT2D eigenvalue weighted by Crippen LogP contribution is -2.30. The van der Waals surface area contributed by atoms with Gasteiger partial charge in [0.25, 0.3) is 0 Å². The van der Waals surface area contributed by atoms with Crippen molar-refractivity contribution in [2.24, 2.45) is 0 Å². The van der Waals surface area contributed by atoms with Gasteiger partial charge in [-0.1, -0.05) is 0 Å². The molecule has 0 aliphatic rings. The Balaban J connectivity index is 2.51. The fourth-order valence-electron chi connectivity index (χ4n) is 1.54. The van der Waals surface area contributed by atoms with E-state index in [1.165, 1.54) is 6.07 Å². The summed E-state index contributed by atoms with van der Waals surface area (Å²) in [6.45, 7) is 0.583. The molecule has 0 bridgehead atoms. The molecular weight excluding hydrogens is 391 g/mol. The second kappa shape index (κ2) is 9.06. The van der Waals surface area contributed by atoms with Crippen LogP contribution in [0.25, 0.3) is 0 Å². The number of hydrogen-bond donors (Lipinski definition) is 3. The average molecular weight is 408 g/mol. The first-order valence-electron chi connectivity index (χ1n) is 6.11. The molecule has 110 valence electrons. The SMILES string of the molecule is CSCCCCNC(=O)Nc1ccc(I)cc1C(=O)O. The highest BCUT2D eigenvalue weighted by Gasteiger charge is 2.12. The van der Waals surface area contributed by atoms with Gasteiger partial charge in [-0.05, 0) is 65.6 Å². The van der Waals surface area contributed by atoms with Gasteiger partial charge in [-0.3, -0.25) is 0 Å².